The van der Waals surface area contributed by atoms with E-state index in [0.717, 1.165) is 25.1 Å². The van der Waals surface area contributed by atoms with Crippen LogP contribution in [0.5, 0.6) is 0 Å². The van der Waals surface area contributed by atoms with Crippen LogP contribution in [0.2, 0.25) is 0 Å². The van der Waals surface area contributed by atoms with Crippen LogP contribution < -0.4 is 10.6 Å². The summed E-state index contributed by atoms with van der Waals surface area (Å²) in [6.45, 7) is 0.934. The summed E-state index contributed by atoms with van der Waals surface area (Å²) >= 11 is 0. The summed E-state index contributed by atoms with van der Waals surface area (Å²) in [5.41, 5.74) is 0.721. The normalized spacial score (nSPS) is 21.7. The number of rotatable bonds is 2. The average molecular weight is 180 g/mol. The van der Waals surface area contributed by atoms with Gasteiger partial charge in [-0.1, -0.05) is 0 Å². The van der Waals surface area contributed by atoms with E-state index in [-0.39, 0.29) is 11.9 Å². The molecule has 1 saturated heterocycles. The van der Waals surface area contributed by atoms with E-state index in [1.165, 1.54) is 0 Å². The number of aromatic nitrogens is 2. The highest BCUT2D eigenvalue weighted by Gasteiger charge is 2.21. The quantitative estimate of drug-likeness (QED) is 0.604. The lowest BCUT2D eigenvalue weighted by atomic mass is 10.2. The van der Waals surface area contributed by atoms with Crippen molar-refractivity contribution in [2.45, 2.75) is 18.9 Å². The molecule has 1 unspecified atom stereocenters. The van der Waals surface area contributed by atoms with Crippen molar-refractivity contribution in [1.29, 1.82) is 0 Å². The SMILES string of the molecule is O=C(Nc1cn[nH]c1)C1CCCN1. The van der Waals surface area contributed by atoms with Gasteiger partial charge in [0.15, 0.2) is 0 Å². The van der Waals surface area contributed by atoms with E-state index >= 15 is 0 Å². The van der Waals surface area contributed by atoms with Gasteiger partial charge in [-0.05, 0) is 19.4 Å². The number of anilines is 1. The second-order valence-corrected chi connectivity index (χ2v) is 3.13. The number of carbonyl (C=O) groups excluding carboxylic acids is 1. The topological polar surface area (TPSA) is 69.8 Å². The number of nitrogens with zero attached hydrogens (tertiary/aromatic N) is 1. The molecular formula is C8H12N4O. The van der Waals surface area contributed by atoms with Crippen molar-refractivity contribution >= 4 is 11.6 Å². The lowest BCUT2D eigenvalue weighted by molar-refractivity contribution is -0.117. The van der Waals surface area contributed by atoms with Gasteiger partial charge in [-0.2, -0.15) is 5.10 Å². The molecule has 13 heavy (non-hydrogen) atoms. The summed E-state index contributed by atoms with van der Waals surface area (Å²) in [6.07, 6.45) is 5.24. The summed E-state index contributed by atoms with van der Waals surface area (Å²) in [5, 5.41) is 12.3. The predicted octanol–water partition coefficient (Wildman–Crippen LogP) is 0.100. The molecule has 3 N–H and O–H groups in total. The molecular weight excluding hydrogens is 168 g/mol. The van der Waals surface area contributed by atoms with Gasteiger partial charge in [0, 0.05) is 6.20 Å². The Labute approximate surface area is 75.9 Å². The first-order valence-corrected chi connectivity index (χ1v) is 4.39. The number of nitrogens with one attached hydrogen (secondary N) is 3. The Bertz CT molecular complexity index is 276. The summed E-state index contributed by atoms with van der Waals surface area (Å²) in [4.78, 5) is 11.5. The third kappa shape index (κ3) is 1.86. The van der Waals surface area contributed by atoms with Gasteiger partial charge in [-0.3, -0.25) is 9.89 Å². The van der Waals surface area contributed by atoms with Crippen LogP contribution >= 0.6 is 0 Å². The van der Waals surface area contributed by atoms with Crippen LogP contribution in [-0.2, 0) is 4.79 Å². The van der Waals surface area contributed by atoms with Crippen molar-refractivity contribution in [3.63, 3.8) is 0 Å². The zero-order valence-electron chi connectivity index (χ0n) is 7.21. The Balaban J connectivity index is 1.91. The first kappa shape index (κ1) is 8.25. The molecule has 2 rings (SSSR count). The predicted molar refractivity (Wildman–Crippen MR) is 48.2 cm³/mol. The number of amides is 1. The molecule has 1 aliphatic heterocycles. The molecule has 2 heterocycles. The third-order valence-corrected chi connectivity index (χ3v) is 2.14. The van der Waals surface area contributed by atoms with Crippen molar-refractivity contribution in [3.8, 4) is 0 Å². The van der Waals surface area contributed by atoms with Crippen LogP contribution in [0.4, 0.5) is 5.69 Å². The average Bonchev–Trinajstić information content (AvgIpc) is 2.74. The van der Waals surface area contributed by atoms with Gasteiger partial charge in [-0.15, -0.1) is 0 Å². The summed E-state index contributed by atoms with van der Waals surface area (Å²) < 4.78 is 0. The van der Waals surface area contributed by atoms with Crippen molar-refractivity contribution < 1.29 is 4.79 Å². The molecule has 5 nitrogen and oxygen atoms in total. The van der Waals surface area contributed by atoms with E-state index in [4.69, 9.17) is 0 Å². The molecule has 1 fully saturated rings. The Hall–Kier alpha value is -1.36. The molecule has 70 valence electrons. The molecule has 1 aliphatic rings. The molecule has 0 saturated carbocycles. The Morgan fingerprint density at radius 3 is 3.23 bits per heavy atom. The standard InChI is InChI=1S/C8H12N4O/c13-8(7-2-1-3-9-7)12-6-4-10-11-5-6/h4-5,7,9H,1-3H2,(H,10,11)(H,12,13). The fourth-order valence-electron chi connectivity index (χ4n) is 1.46. The fourth-order valence-corrected chi connectivity index (χ4v) is 1.46. The van der Waals surface area contributed by atoms with Gasteiger partial charge in [0.25, 0.3) is 0 Å². The highest BCUT2D eigenvalue weighted by molar-refractivity contribution is 5.94. The van der Waals surface area contributed by atoms with Gasteiger partial charge >= 0.3 is 0 Å². The van der Waals surface area contributed by atoms with E-state index in [0.29, 0.717) is 0 Å². The number of aromatic amines is 1. The number of hydrogen-bond donors (Lipinski definition) is 3. The van der Waals surface area contributed by atoms with E-state index in [1.807, 2.05) is 0 Å². The minimum Gasteiger partial charge on any atom is -0.322 e. The monoisotopic (exact) mass is 180 g/mol. The molecule has 0 aromatic carbocycles. The Kier molecular flexibility index (Phi) is 2.27. The van der Waals surface area contributed by atoms with Crippen LogP contribution in [-0.4, -0.2) is 28.7 Å². The van der Waals surface area contributed by atoms with Crippen LogP contribution in [0.15, 0.2) is 12.4 Å². The molecule has 0 bridgehead atoms. The summed E-state index contributed by atoms with van der Waals surface area (Å²) in [6, 6.07) is -0.0325. The molecule has 1 aromatic rings. The van der Waals surface area contributed by atoms with E-state index in [2.05, 4.69) is 20.8 Å². The second-order valence-electron chi connectivity index (χ2n) is 3.13. The van der Waals surface area contributed by atoms with Gasteiger partial charge < -0.3 is 10.6 Å². The molecule has 1 aromatic heterocycles. The number of hydrogen-bond acceptors (Lipinski definition) is 3. The van der Waals surface area contributed by atoms with E-state index in [1.54, 1.807) is 12.4 Å². The molecule has 0 aliphatic carbocycles. The Morgan fingerprint density at radius 2 is 2.62 bits per heavy atom. The van der Waals surface area contributed by atoms with Gasteiger partial charge in [0.2, 0.25) is 5.91 Å². The molecule has 1 amide bonds. The first-order chi connectivity index (χ1) is 6.36. The highest BCUT2D eigenvalue weighted by atomic mass is 16.2. The van der Waals surface area contributed by atoms with Crippen molar-refractivity contribution in [1.82, 2.24) is 15.5 Å². The largest absolute Gasteiger partial charge is 0.322 e. The van der Waals surface area contributed by atoms with Crippen LogP contribution in [0.3, 0.4) is 0 Å². The maximum Gasteiger partial charge on any atom is 0.241 e. The van der Waals surface area contributed by atoms with Crippen molar-refractivity contribution in [2.75, 3.05) is 11.9 Å². The first-order valence-electron chi connectivity index (χ1n) is 4.39. The highest BCUT2D eigenvalue weighted by Crippen LogP contribution is 2.08. The van der Waals surface area contributed by atoms with Gasteiger partial charge in [-0.25, -0.2) is 0 Å². The lowest BCUT2D eigenvalue weighted by Gasteiger charge is -2.08. The van der Waals surface area contributed by atoms with Crippen molar-refractivity contribution in [2.24, 2.45) is 0 Å². The Morgan fingerprint density at radius 1 is 1.69 bits per heavy atom. The van der Waals surface area contributed by atoms with Crippen LogP contribution in [0.25, 0.3) is 0 Å². The molecule has 5 heteroatoms. The van der Waals surface area contributed by atoms with E-state index < -0.39 is 0 Å². The summed E-state index contributed by atoms with van der Waals surface area (Å²) in [7, 11) is 0. The molecule has 0 spiro atoms. The maximum absolute atomic E-state index is 11.5. The smallest absolute Gasteiger partial charge is 0.241 e. The second kappa shape index (κ2) is 3.57. The van der Waals surface area contributed by atoms with E-state index in [9.17, 15) is 4.79 Å². The van der Waals surface area contributed by atoms with Crippen LogP contribution in [0, 0.1) is 0 Å². The molecule has 0 radical (unpaired) electrons. The number of H-pyrrole nitrogens is 1. The lowest BCUT2D eigenvalue weighted by Crippen LogP contribution is -2.35. The minimum atomic E-state index is -0.0325. The minimum absolute atomic E-state index is 0.0268. The summed E-state index contributed by atoms with van der Waals surface area (Å²) in [5.74, 6) is 0.0268. The van der Waals surface area contributed by atoms with Gasteiger partial charge in [0.1, 0.15) is 0 Å². The third-order valence-electron chi connectivity index (χ3n) is 2.14. The zero-order valence-corrected chi connectivity index (χ0v) is 7.21. The fraction of sp³-hybridized carbons (Fsp3) is 0.500. The maximum atomic E-state index is 11.5. The number of carbonyl (C=O) groups is 1. The van der Waals surface area contributed by atoms with Crippen LogP contribution in [0.1, 0.15) is 12.8 Å². The van der Waals surface area contributed by atoms with Crippen molar-refractivity contribution in [3.05, 3.63) is 12.4 Å². The van der Waals surface area contributed by atoms with Gasteiger partial charge in [0.05, 0.1) is 17.9 Å². The molecule has 1 atom stereocenters. The zero-order chi connectivity index (χ0) is 9.10.